The van der Waals surface area contributed by atoms with Crippen LogP contribution in [0.15, 0.2) is 10.4 Å². The minimum Gasteiger partial charge on any atom is -0.466 e. The molecule has 6 nitrogen and oxygen atoms in total. The van der Waals surface area contributed by atoms with Crippen LogP contribution in [0.3, 0.4) is 0 Å². The highest BCUT2D eigenvalue weighted by molar-refractivity contribution is 14.0. The number of nitrogens with zero attached hydrogens (tertiary/aromatic N) is 3. The normalized spacial score (nSPS) is 17.8. The van der Waals surface area contributed by atoms with Gasteiger partial charge in [-0.1, -0.05) is 6.92 Å². The van der Waals surface area contributed by atoms with Gasteiger partial charge >= 0.3 is 5.97 Å². The molecule has 0 amide bonds. The highest BCUT2D eigenvalue weighted by atomic mass is 127. The first-order chi connectivity index (χ1) is 11.7. The number of carbonyl (C=O) groups is 1. The quantitative estimate of drug-likeness (QED) is 0.294. The van der Waals surface area contributed by atoms with Gasteiger partial charge in [-0.05, 0) is 26.2 Å². The number of aryl methyl sites for hydroxylation is 1. The standard InChI is InChI=1S/C17H28N4O2S.HI/c1-4-15-20-14(12-24-15)8-9-19-17(18-3)21-10-6-7-13(11-21)16(22)23-5-2;/h12-13H,4-11H2,1-3H3,(H,18,19);1H. The zero-order chi connectivity index (χ0) is 17.4. The molecular weight excluding hydrogens is 451 g/mol. The van der Waals surface area contributed by atoms with Crippen molar-refractivity contribution >= 4 is 47.2 Å². The van der Waals surface area contributed by atoms with Crippen LogP contribution >= 0.6 is 35.3 Å². The third-order valence-electron chi connectivity index (χ3n) is 4.12. The van der Waals surface area contributed by atoms with Gasteiger partial charge in [-0.15, -0.1) is 35.3 Å². The number of aromatic nitrogens is 1. The number of hydrogen-bond donors (Lipinski definition) is 1. The van der Waals surface area contributed by atoms with Crippen molar-refractivity contribution in [2.75, 3.05) is 33.3 Å². The zero-order valence-corrected chi connectivity index (χ0v) is 18.4. The van der Waals surface area contributed by atoms with E-state index < -0.39 is 0 Å². The summed E-state index contributed by atoms with van der Waals surface area (Å²) in [5.41, 5.74) is 1.13. The Labute approximate surface area is 171 Å². The van der Waals surface area contributed by atoms with Gasteiger partial charge in [0.05, 0.1) is 23.2 Å². The lowest BCUT2D eigenvalue weighted by Gasteiger charge is -2.33. The van der Waals surface area contributed by atoms with E-state index in [2.05, 4.69) is 32.5 Å². The summed E-state index contributed by atoms with van der Waals surface area (Å²) in [6, 6.07) is 0. The molecule has 0 radical (unpaired) electrons. The van der Waals surface area contributed by atoms with Crippen molar-refractivity contribution in [2.24, 2.45) is 10.9 Å². The molecule has 2 heterocycles. The fourth-order valence-electron chi connectivity index (χ4n) is 2.88. The first kappa shape index (κ1) is 22.1. The largest absolute Gasteiger partial charge is 0.466 e. The summed E-state index contributed by atoms with van der Waals surface area (Å²) in [7, 11) is 1.79. The van der Waals surface area contributed by atoms with Crippen LogP contribution in [0.4, 0.5) is 0 Å². The van der Waals surface area contributed by atoms with Crippen molar-refractivity contribution in [3.8, 4) is 0 Å². The van der Waals surface area contributed by atoms with E-state index in [1.807, 2.05) is 6.92 Å². The number of hydrogen-bond acceptors (Lipinski definition) is 5. The van der Waals surface area contributed by atoms with E-state index in [4.69, 9.17) is 4.74 Å². The Morgan fingerprint density at radius 1 is 1.52 bits per heavy atom. The second kappa shape index (κ2) is 11.7. The van der Waals surface area contributed by atoms with Crippen LogP contribution in [0.1, 0.15) is 37.4 Å². The number of rotatable bonds is 6. The van der Waals surface area contributed by atoms with E-state index in [1.165, 1.54) is 5.01 Å². The lowest BCUT2D eigenvalue weighted by molar-refractivity contribution is -0.149. The Balaban J connectivity index is 0.00000312. The molecule has 2 rings (SSSR count). The Morgan fingerprint density at radius 2 is 2.32 bits per heavy atom. The number of aliphatic imine (C=N–C) groups is 1. The molecule has 0 aliphatic carbocycles. The van der Waals surface area contributed by atoms with Crippen molar-refractivity contribution in [3.63, 3.8) is 0 Å². The summed E-state index contributed by atoms with van der Waals surface area (Å²) in [6.45, 7) is 6.80. The van der Waals surface area contributed by atoms with Crippen molar-refractivity contribution < 1.29 is 9.53 Å². The highest BCUT2D eigenvalue weighted by Gasteiger charge is 2.28. The molecule has 1 aliphatic rings. The molecule has 0 saturated carbocycles. The molecule has 1 aromatic rings. The second-order valence-electron chi connectivity index (χ2n) is 5.85. The average Bonchev–Trinajstić information content (AvgIpc) is 3.07. The Kier molecular flexibility index (Phi) is 10.3. The third-order valence-corrected chi connectivity index (χ3v) is 5.16. The fraction of sp³-hybridized carbons (Fsp3) is 0.706. The molecule has 1 aliphatic heterocycles. The van der Waals surface area contributed by atoms with Gasteiger partial charge in [-0.3, -0.25) is 9.79 Å². The lowest BCUT2D eigenvalue weighted by Crippen LogP contribution is -2.48. The van der Waals surface area contributed by atoms with E-state index >= 15 is 0 Å². The number of esters is 1. The van der Waals surface area contributed by atoms with Gasteiger partial charge in [0.25, 0.3) is 0 Å². The number of thiazole rings is 1. The first-order valence-electron chi connectivity index (χ1n) is 8.73. The SMILES string of the molecule is CCOC(=O)C1CCCN(C(=NC)NCCc2csc(CC)n2)C1.I. The van der Waals surface area contributed by atoms with Crippen molar-refractivity contribution in [3.05, 3.63) is 16.1 Å². The van der Waals surface area contributed by atoms with Gasteiger partial charge in [-0.2, -0.15) is 0 Å². The molecule has 142 valence electrons. The van der Waals surface area contributed by atoms with Gasteiger partial charge in [0.1, 0.15) is 0 Å². The molecule has 1 unspecified atom stereocenters. The molecule has 8 heteroatoms. The topological polar surface area (TPSA) is 66.8 Å². The van der Waals surface area contributed by atoms with Crippen LogP contribution in [-0.2, 0) is 22.4 Å². The van der Waals surface area contributed by atoms with Crippen LogP contribution in [0.2, 0.25) is 0 Å². The van der Waals surface area contributed by atoms with E-state index in [-0.39, 0.29) is 35.9 Å². The summed E-state index contributed by atoms with van der Waals surface area (Å²) in [4.78, 5) is 23.1. The minimum atomic E-state index is -0.0905. The molecule has 1 saturated heterocycles. The zero-order valence-electron chi connectivity index (χ0n) is 15.3. The lowest BCUT2D eigenvalue weighted by atomic mass is 9.98. The predicted molar refractivity (Wildman–Crippen MR) is 113 cm³/mol. The number of likely N-dealkylation sites (tertiary alicyclic amines) is 1. The molecule has 25 heavy (non-hydrogen) atoms. The monoisotopic (exact) mass is 480 g/mol. The maximum atomic E-state index is 12.0. The number of guanidine groups is 1. The maximum absolute atomic E-state index is 12.0. The fourth-order valence-corrected chi connectivity index (χ4v) is 3.66. The first-order valence-corrected chi connectivity index (χ1v) is 9.61. The van der Waals surface area contributed by atoms with Crippen molar-refractivity contribution in [1.29, 1.82) is 0 Å². The van der Waals surface area contributed by atoms with Gasteiger partial charge < -0.3 is 15.0 Å². The molecule has 1 fully saturated rings. The molecule has 1 N–H and O–H groups in total. The van der Waals surface area contributed by atoms with E-state index in [9.17, 15) is 4.79 Å². The molecule has 0 bridgehead atoms. The average molecular weight is 480 g/mol. The summed E-state index contributed by atoms with van der Waals surface area (Å²) in [6.07, 6.45) is 3.74. The van der Waals surface area contributed by atoms with E-state index in [0.29, 0.717) is 13.2 Å². The van der Waals surface area contributed by atoms with Crippen LogP contribution < -0.4 is 5.32 Å². The smallest absolute Gasteiger partial charge is 0.310 e. The molecule has 1 aromatic heterocycles. The molecule has 0 spiro atoms. The van der Waals surface area contributed by atoms with Gasteiger partial charge in [0, 0.05) is 38.5 Å². The van der Waals surface area contributed by atoms with Crippen LogP contribution in [0.25, 0.3) is 0 Å². The molecule has 0 aromatic carbocycles. The van der Waals surface area contributed by atoms with Gasteiger partial charge in [0.2, 0.25) is 0 Å². The van der Waals surface area contributed by atoms with Crippen LogP contribution in [0, 0.1) is 5.92 Å². The third kappa shape index (κ3) is 6.73. The summed E-state index contributed by atoms with van der Waals surface area (Å²) < 4.78 is 5.16. The van der Waals surface area contributed by atoms with E-state index in [1.54, 1.807) is 18.4 Å². The Bertz CT molecular complexity index is 565. The predicted octanol–water partition coefficient (Wildman–Crippen LogP) is 2.72. The maximum Gasteiger partial charge on any atom is 0.310 e. The van der Waals surface area contributed by atoms with Crippen molar-refractivity contribution in [2.45, 2.75) is 39.5 Å². The van der Waals surface area contributed by atoms with Gasteiger partial charge in [0.15, 0.2) is 5.96 Å². The Hall–Kier alpha value is -0.900. The Morgan fingerprint density at radius 3 is 2.96 bits per heavy atom. The number of piperidine rings is 1. The summed E-state index contributed by atoms with van der Waals surface area (Å²) >= 11 is 1.72. The van der Waals surface area contributed by atoms with Crippen LogP contribution in [-0.4, -0.2) is 55.1 Å². The van der Waals surface area contributed by atoms with Crippen LogP contribution in [0.5, 0.6) is 0 Å². The summed E-state index contributed by atoms with van der Waals surface area (Å²) in [5.74, 6) is 0.713. The van der Waals surface area contributed by atoms with Crippen molar-refractivity contribution in [1.82, 2.24) is 15.2 Å². The number of ether oxygens (including phenoxy) is 1. The summed E-state index contributed by atoms with van der Waals surface area (Å²) in [5, 5.41) is 6.70. The number of nitrogens with one attached hydrogen (secondary N) is 1. The number of halogens is 1. The van der Waals surface area contributed by atoms with E-state index in [0.717, 1.165) is 50.4 Å². The van der Waals surface area contributed by atoms with Gasteiger partial charge in [-0.25, -0.2) is 4.98 Å². The highest BCUT2D eigenvalue weighted by Crippen LogP contribution is 2.18. The second-order valence-corrected chi connectivity index (χ2v) is 6.79. The number of carbonyl (C=O) groups excluding carboxylic acids is 1. The molecule has 1 atom stereocenters. The minimum absolute atomic E-state index is 0. The molecular formula is C17H29IN4O2S.